The molecule has 2 rings (SSSR count). The van der Waals surface area contributed by atoms with Gasteiger partial charge in [-0.15, -0.1) is 0 Å². The molecule has 5 heteroatoms. The molecule has 0 amide bonds. The lowest BCUT2D eigenvalue weighted by molar-refractivity contribution is -0.136. The van der Waals surface area contributed by atoms with Crippen molar-refractivity contribution in [2.45, 2.75) is 6.42 Å². The smallest absolute Gasteiger partial charge is 0.307 e. The van der Waals surface area contributed by atoms with Gasteiger partial charge in [0.05, 0.1) is 11.9 Å². The zero-order chi connectivity index (χ0) is 11.0. The Morgan fingerprint density at radius 2 is 2.27 bits per heavy atom. The molecular weight excluding hydrogens is 265 g/mol. The van der Waals surface area contributed by atoms with E-state index in [0.717, 1.165) is 4.47 Å². The maximum Gasteiger partial charge on any atom is 0.307 e. The van der Waals surface area contributed by atoms with Gasteiger partial charge in [-0.2, -0.15) is 0 Å². The first kappa shape index (κ1) is 10.2. The summed E-state index contributed by atoms with van der Waals surface area (Å²) in [7, 11) is 0. The molecule has 0 unspecified atom stereocenters. The summed E-state index contributed by atoms with van der Waals surface area (Å²) in [5, 5.41) is 9.00. The highest BCUT2D eigenvalue weighted by Gasteiger charge is 2.13. The van der Waals surface area contributed by atoms with Gasteiger partial charge in [0, 0.05) is 16.1 Å². The van der Waals surface area contributed by atoms with Crippen molar-refractivity contribution >= 4 is 32.8 Å². The Labute approximate surface area is 93.0 Å². The molecular formula is C10H7BrFNO2. The van der Waals surface area contributed by atoms with Crippen molar-refractivity contribution in [2.75, 3.05) is 0 Å². The molecule has 2 aromatic rings. The van der Waals surface area contributed by atoms with Crippen LogP contribution in [0.15, 0.2) is 22.8 Å². The highest BCUT2D eigenvalue weighted by molar-refractivity contribution is 9.10. The zero-order valence-corrected chi connectivity index (χ0v) is 9.14. The van der Waals surface area contributed by atoms with Gasteiger partial charge in [0.2, 0.25) is 0 Å². The van der Waals surface area contributed by atoms with E-state index in [1.807, 2.05) is 0 Å². The third kappa shape index (κ3) is 1.74. The highest BCUT2D eigenvalue weighted by Crippen LogP contribution is 2.28. The van der Waals surface area contributed by atoms with Crippen molar-refractivity contribution in [3.63, 3.8) is 0 Å². The van der Waals surface area contributed by atoms with E-state index in [9.17, 15) is 9.18 Å². The minimum absolute atomic E-state index is 0.187. The fourth-order valence-corrected chi connectivity index (χ4v) is 1.99. The predicted molar refractivity (Wildman–Crippen MR) is 57.3 cm³/mol. The SMILES string of the molecule is O=C(O)Cc1c[nH]c2c(Br)ccc(F)c12. The molecule has 0 aliphatic carbocycles. The molecule has 1 heterocycles. The van der Waals surface area contributed by atoms with E-state index < -0.39 is 11.8 Å². The normalized spacial score (nSPS) is 10.8. The van der Waals surface area contributed by atoms with Crippen LogP contribution < -0.4 is 0 Å². The van der Waals surface area contributed by atoms with Crippen LogP contribution >= 0.6 is 15.9 Å². The first-order chi connectivity index (χ1) is 7.09. The minimum atomic E-state index is -0.977. The second-order valence-corrected chi connectivity index (χ2v) is 4.02. The number of carboxylic acids is 1. The maximum absolute atomic E-state index is 13.5. The van der Waals surface area contributed by atoms with Crippen LogP contribution in [0.3, 0.4) is 0 Å². The van der Waals surface area contributed by atoms with E-state index >= 15 is 0 Å². The Morgan fingerprint density at radius 1 is 1.53 bits per heavy atom. The predicted octanol–water partition coefficient (Wildman–Crippen LogP) is 2.70. The van der Waals surface area contributed by atoms with Crippen molar-refractivity contribution in [2.24, 2.45) is 0 Å². The van der Waals surface area contributed by atoms with Crippen LogP contribution in [0.25, 0.3) is 10.9 Å². The van der Waals surface area contributed by atoms with Crippen LogP contribution in [0.1, 0.15) is 5.56 Å². The van der Waals surface area contributed by atoms with Gasteiger partial charge in [0.1, 0.15) is 5.82 Å². The quantitative estimate of drug-likeness (QED) is 0.883. The zero-order valence-electron chi connectivity index (χ0n) is 7.55. The summed E-state index contributed by atoms with van der Waals surface area (Å²) in [4.78, 5) is 13.4. The number of rotatable bonds is 2. The first-order valence-corrected chi connectivity index (χ1v) is 5.04. The van der Waals surface area contributed by atoms with Crippen LogP contribution in [-0.2, 0) is 11.2 Å². The second kappa shape index (κ2) is 3.66. The minimum Gasteiger partial charge on any atom is -0.481 e. The Kier molecular flexibility index (Phi) is 2.48. The molecule has 78 valence electrons. The Hall–Kier alpha value is -1.36. The number of carboxylic acid groups (broad SMARTS) is 1. The lowest BCUT2D eigenvalue weighted by Crippen LogP contribution is -1.99. The third-order valence-electron chi connectivity index (χ3n) is 2.16. The molecule has 0 aliphatic heterocycles. The van der Waals surface area contributed by atoms with Gasteiger partial charge in [-0.3, -0.25) is 4.79 Å². The fourth-order valence-electron chi connectivity index (χ4n) is 1.54. The van der Waals surface area contributed by atoms with Crippen LogP contribution in [0.4, 0.5) is 4.39 Å². The molecule has 0 aliphatic rings. The number of nitrogens with one attached hydrogen (secondary N) is 1. The maximum atomic E-state index is 13.5. The van der Waals surface area contributed by atoms with Crippen LogP contribution in [-0.4, -0.2) is 16.1 Å². The van der Waals surface area contributed by atoms with Gasteiger partial charge in [-0.05, 0) is 33.6 Å². The summed E-state index contributed by atoms with van der Waals surface area (Å²) in [5.74, 6) is -1.39. The number of fused-ring (bicyclic) bond motifs is 1. The summed E-state index contributed by atoms with van der Waals surface area (Å²) >= 11 is 3.27. The Morgan fingerprint density at radius 3 is 2.93 bits per heavy atom. The van der Waals surface area contributed by atoms with Crippen molar-refractivity contribution < 1.29 is 14.3 Å². The average molecular weight is 272 g/mol. The Balaban J connectivity index is 2.67. The first-order valence-electron chi connectivity index (χ1n) is 4.25. The number of halogens is 2. The van der Waals surface area contributed by atoms with E-state index in [4.69, 9.17) is 5.11 Å². The number of hydrogen-bond acceptors (Lipinski definition) is 1. The monoisotopic (exact) mass is 271 g/mol. The molecule has 0 saturated carbocycles. The van der Waals surface area contributed by atoms with Gasteiger partial charge in [0.25, 0.3) is 0 Å². The second-order valence-electron chi connectivity index (χ2n) is 3.16. The van der Waals surface area contributed by atoms with Gasteiger partial charge in [0.15, 0.2) is 0 Å². The van der Waals surface area contributed by atoms with Gasteiger partial charge >= 0.3 is 5.97 Å². The summed E-state index contributed by atoms with van der Waals surface area (Å²) in [6, 6.07) is 2.89. The van der Waals surface area contributed by atoms with Gasteiger partial charge in [-0.1, -0.05) is 0 Å². The topological polar surface area (TPSA) is 53.1 Å². The molecule has 1 aromatic heterocycles. The van der Waals surface area contributed by atoms with Crippen LogP contribution in [0.2, 0.25) is 0 Å². The molecule has 2 N–H and O–H groups in total. The molecule has 1 aromatic carbocycles. The van der Waals surface area contributed by atoms with E-state index in [2.05, 4.69) is 20.9 Å². The van der Waals surface area contributed by atoms with Gasteiger partial charge in [-0.25, -0.2) is 4.39 Å². The molecule has 15 heavy (non-hydrogen) atoms. The largest absolute Gasteiger partial charge is 0.481 e. The Bertz CT molecular complexity index is 535. The van der Waals surface area contributed by atoms with E-state index in [0.29, 0.717) is 16.5 Å². The van der Waals surface area contributed by atoms with E-state index in [1.54, 1.807) is 6.07 Å². The number of hydrogen-bond donors (Lipinski definition) is 2. The average Bonchev–Trinajstić information content (AvgIpc) is 2.56. The molecule has 0 fully saturated rings. The van der Waals surface area contributed by atoms with Crippen molar-refractivity contribution in [3.05, 3.63) is 34.2 Å². The molecule has 0 spiro atoms. The number of aromatic amines is 1. The van der Waals surface area contributed by atoms with E-state index in [-0.39, 0.29) is 6.42 Å². The number of aromatic nitrogens is 1. The number of aliphatic carboxylic acids is 1. The summed E-state index contributed by atoms with van der Waals surface area (Å²) in [6.45, 7) is 0. The fraction of sp³-hybridized carbons (Fsp3) is 0.100. The lowest BCUT2D eigenvalue weighted by atomic mass is 10.1. The number of benzene rings is 1. The van der Waals surface area contributed by atoms with Crippen LogP contribution in [0.5, 0.6) is 0 Å². The van der Waals surface area contributed by atoms with E-state index in [1.165, 1.54) is 12.3 Å². The summed E-state index contributed by atoms with van der Waals surface area (Å²) in [6.07, 6.45) is 1.33. The highest BCUT2D eigenvalue weighted by atomic mass is 79.9. The molecule has 0 radical (unpaired) electrons. The van der Waals surface area contributed by atoms with Gasteiger partial charge < -0.3 is 10.1 Å². The molecule has 0 atom stereocenters. The van der Waals surface area contributed by atoms with Crippen molar-refractivity contribution in [1.82, 2.24) is 4.98 Å². The van der Waals surface area contributed by atoms with Crippen LogP contribution in [0, 0.1) is 5.82 Å². The summed E-state index contributed by atoms with van der Waals surface area (Å²) in [5.41, 5.74) is 1.04. The molecule has 3 nitrogen and oxygen atoms in total. The van der Waals surface area contributed by atoms with Crippen molar-refractivity contribution in [3.8, 4) is 0 Å². The lowest BCUT2D eigenvalue weighted by Gasteiger charge is -1.98. The van der Waals surface area contributed by atoms with Crippen molar-refractivity contribution in [1.29, 1.82) is 0 Å². The summed E-state index contributed by atoms with van der Waals surface area (Å²) < 4.78 is 14.2. The molecule has 0 saturated heterocycles. The number of H-pyrrole nitrogens is 1. The number of carbonyl (C=O) groups is 1. The molecule has 0 bridgehead atoms. The standard InChI is InChI=1S/C10H7BrFNO2/c11-6-1-2-7(12)9-5(3-8(14)15)4-13-10(6)9/h1-2,4,13H,3H2,(H,14,15). The third-order valence-corrected chi connectivity index (χ3v) is 2.82.